The van der Waals surface area contributed by atoms with Crippen LogP contribution >= 0.6 is 0 Å². The van der Waals surface area contributed by atoms with Crippen molar-refractivity contribution in [3.8, 4) is 0 Å². The van der Waals surface area contributed by atoms with E-state index in [9.17, 15) is 17.6 Å². The molecule has 1 unspecified atom stereocenters. The van der Waals surface area contributed by atoms with Crippen LogP contribution in [-0.2, 0) is 0 Å². The summed E-state index contributed by atoms with van der Waals surface area (Å²) < 4.78 is 46.1. The van der Waals surface area contributed by atoms with Gasteiger partial charge < -0.3 is 5.73 Å². The largest absolute Gasteiger partial charge is 0.323 e. The summed E-state index contributed by atoms with van der Waals surface area (Å²) in [6.07, 6.45) is -3.67. The van der Waals surface area contributed by atoms with Gasteiger partial charge in [-0.2, -0.15) is 8.78 Å². The van der Waals surface area contributed by atoms with Crippen LogP contribution in [0.15, 0.2) is 0 Å². The second-order valence-electron chi connectivity index (χ2n) is 1.76. The Morgan fingerprint density at radius 1 is 1.33 bits per heavy atom. The van der Waals surface area contributed by atoms with E-state index in [1.165, 1.54) is 0 Å². The van der Waals surface area contributed by atoms with Gasteiger partial charge >= 0.3 is 12.3 Å². The molecule has 5 heteroatoms. The van der Waals surface area contributed by atoms with Gasteiger partial charge in [0.05, 0.1) is 6.04 Å². The number of hydrogen-bond donors (Lipinski definition) is 1. The molecule has 0 aromatic carbocycles. The highest BCUT2D eigenvalue weighted by Gasteiger charge is 2.44. The maximum Gasteiger partial charge on any atom is 0.321 e. The Morgan fingerprint density at radius 2 is 1.67 bits per heavy atom. The molecular formula is C4H7F4N. The summed E-state index contributed by atoms with van der Waals surface area (Å²) in [6.45, 7) is 0.839. The molecule has 0 aromatic rings. The number of rotatable bonds is 2. The average Bonchev–Trinajstić information content (AvgIpc) is 1.65. The third-order valence-corrected chi connectivity index (χ3v) is 0.898. The summed E-state index contributed by atoms with van der Waals surface area (Å²) in [5.74, 6) is -4.06. The molecule has 0 aromatic heterocycles. The number of nitrogens with two attached hydrogens (primary N) is 1. The van der Waals surface area contributed by atoms with E-state index in [4.69, 9.17) is 0 Å². The predicted molar refractivity (Wildman–Crippen MR) is 24.6 cm³/mol. The standard InChI is InChI=1S/C4H7F4N/c1-2(9)4(7,8)3(5)6/h2-3H,9H2,1H3. The van der Waals surface area contributed by atoms with Gasteiger partial charge in [-0.25, -0.2) is 8.78 Å². The summed E-state index contributed by atoms with van der Waals surface area (Å²) in [5, 5.41) is 0. The molecule has 0 saturated heterocycles. The first-order valence-corrected chi connectivity index (χ1v) is 2.30. The van der Waals surface area contributed by atoms with Crippen molar-refractivity contribution >= 4 is 0 Å². The Hall–Kier alpha value is -0.320. The maximum absolute atomic E-state index is 11.8. The van der Waals surface area contributed by atoms with Crippen molar-refractivity contribution < 1.29 is 17.6 Å². The summed E-state index contributed by atoms with van der Waals surface area (Å²) in [7, 11) is 0. The average molecular weight is 145 g/mol. The first-order valence-electron chi connectivity index (χ1n) is 2.30. The van der Waals surface area contributed by atoms with Crippen LogP contribution in [0.3, 0.4) is 0 Å². The topological polar surface area (TPSA) is 26.0 Å². The van der Waals surface area contributed by atoms with Gasteiger partial charge in [-0.15, -0.1) is 0 Å². The van der Waals surface area contributed by atoms with Gasteiger partial charge in [0.15, 0.2) is 0 Å². The van der Waals surface area contributed by atoms with Crippen molar-refractivity contribution in [2.24, 2.45) is 5.73 Å². The SMILES string of the molecule is CC(N)C(F)(F)C(F)F. The van der Waals surface area contributed by atoms with Crippen LogP contribution in [0.2, 0.25) is 0 Å². The lowest BCUT2D eigenvalue weighted by atomic mass is 10.2. The molecule has 0 aliphatic carbocycles. The van der Waals surface area contributed by atoms with E-state index in [0.717, 1.165) is 6.92 Å². The lowest BCUT2D eigenvalue weighted by Crippen LogP contribution is -2.44. The zero-order valence-corrected chi connectivity index (χ0v) is 4.74. The minimum absolute atomic E-state index is 0.839. The van der Waals surface area contributed by atoms with Gasteiger partial charge in [-0.05, 0) is 6.92 Å². The van der Waals surface area contributed by atoms with Crippen LogP contribution in [0.5, 0.6) is 0 Å². The molecule has 2 N–H and O–H groups in total. The van der Waals surface area contributed by atoms with Crippen LogP contribution < -0.4 is 5.73 Å². The fraction of sp³-hybridized carbons (Fsp3) is 1.00. The molecule has 0 bridgehead atoms. The molecule has 0 radical (unpaired) electrons. The van der Waals surface area contributed by atoms with Gasteiger partial charge in [0.2, 0.25) is 0 Å². The molecule has 0 saturated carbocycles. The van der Waals surface area contributed by atoms with E-state index < -0.39 is 18.4 Å². The number of alkyl halides is 4. The molecule has 0 fully saturated rings. The Bertz CT molecular complexity index is 80.6. The first-order chi connectivity index (χ1) is 3.89. The van der Waals surface area contributed by atoms with Gasteiger partial charge in [-0.3, -0.25) is 0 Å². The van der Waals surface area contributed by atoms with Gasteiger partial charge in [-0.1, -0.05) is 0 Å². The molecule has 0 heterocycles. The van der Waals surface area contributed by atoms with Crippen molar-refractivity contribution in [1.82, 2.24) is 0 Å². The lowest BCUT2D eigenvalue weighted by molar-refractivity contribution is -0.139. The zero-order valence-electron chi connectivity index (χ0n) is 4.74. The summed E-state index contributed by atoms with van der Waals surface area (Å²) in [4.78, 5) is 0. The molecule has 0 spiro atoms. The molecule has 0 aliphatic heterocycles. The van der Waals surface area contributed by atoms with Crippen molar-refractivity contribution in [2.75, 3.05) is 0 Å². The second-order valence-corrected chi connectivity index (χ2v) is 1.76. The van der Waals surface area contributed by atoms with Crippen LogP contribution in [0.4, 0.5) is 17.6 Å². The first kappa shape index (κ1) is 8.68. The highest BCUT2D eigenvalue weighted by molar-refractivity contribution is 4.78. The van der Waals surface area contributed by atoms with Crippen LogP contribution in [0.1, 0.15) is 6.92 Å². The minimum Gasteiger partial charge on any atom is -0.323 e. The normalized spacial score (nSPS) is 16.3. The Kier molecular flexibility index (Phi) is 2.42. The van der Waals surface area contributed by atoms with E-state index in [-0.39, 0.29) is 0 Å². The fourth-order valence-corrected chi connectivity index (χ4v) is 0.199. The van der Waals surface area contributed by atoms with Crippen molar-refractivity contribution in [3.63, 3.8) is 0 Å². The molecule has 9 heavy (non-hydrogen) atoms. The third kappa shape index (κ3) is 1.82. The molecule has 1 nitrogen and oxygen atoms in total. The summed E-state index contributed by atoms with van der Waals surface area (Å²) >= 11 is 0. The number of hydrogen-bond acceptors (Lipinski definition) is 1. The summed E-state index contributed by atoms with van der Waals surface area (Å²) in [5.41, 5.74) is 4.54. The van der Waals surface area contributed by atoms with E-state index >= 15 is 0 Å². The van der Waals surface area contributed by atoms with E-state index in [1.54, 1.807) is 0 Å². The number of halogens is 4. The van der Waals surface area contributed by atoms with E-state index in [0.29, 0.717) is 0 Å². The minimum atomic E-state index is -4.06. The van der Waals surface area contributed by atoms with Crippen LogP contribution in [0.25, 0.3) is 0 Å². The predicted octanol–water partition coefficient (Wildman–Crippen LogP) is 1.23. The maximum atomic E-state index is 11.8. The van der Waals surface area contributed by atoms with Gasteiger partial charge in [0.25, 0.3) is 0 Å². The highest BCUT2D eigenvalue weighted by atomic mass is 19.3. The fourth-order valence-electron chi connectivity index (χ4n) is 0.199. The molecule has 0 rings (SSSR count). The highest BCUT2D eigenvalue weighted by Crippen LogP contribution is 2.24. The molecule has 1 atom stereocenters. The smallest absolute Gasteiger partial charge is 0.321 e. The quantitative estimate of drug-likeness (QED) is 0.581. The third-order valence-electron chi connectivity index (χ3n) is 0.898. The van der Waals surface area contributed by atoms with Crippen molar-refractivity contribution in [1.29, 1.82) is 0 Å². The van der Waals surface area contributed by atoms with E-state index in [2.05, 4.69) is 5.73 Å². The van der Waals surface area contributed by atoms with Crippen LogP contribution in [0, 0.1) is 0 Å². The molecule has 56 valence electrons. The van der Waals surface area contributed by atoms with Crippen molar-refractivity contribution in [3.05, 3.63) is 0 Å². The lowest BCUT2D eigenvalue weighted by Gasteiger charge is -2.18. The molecular weight excluding hydrogens is 138 g/mol. The Morgan fingerprint density at radius 3 is 1.67 bits per heavy atom. The molecule has 0 amide bonds. The summed E-state index contributed by atoms with van der Waals surface area (Å²) in [6, 6.07) is -1.79. The van der Waals surface area contributed by atoms with Crippen molar-refractivity contribution in [2.45, 2.75) is 25.3 Å². The Labute approximate surface area is 49.8 Å². The van der Waals surface area contributed by atoms with Gasteiger partial charge in [0.1, 0.15) is 0 Å². The second kappa shape index (κ2) is 2.51. The zero-order chi connectivity index (χ0) is 7.65. The monoisotopic (exact) mass is 145 g/mol. The van der Waals surface area contributed by atoms with Crippen LogP contribution in [-0.4, -0.2) is 18.4 Å². The van der Waals surface area contributed by atoms with E-state index in [1.807, 2.05) is 0 Å². The Balaban J connectivity index is 4.01. The van der Waals surface area contributed by atoms with Gasteiger partial charge in [0, 0.05) is 0 Å². The molecule has 0 aliphatic rings.